The Morgan fingerprint density at radius 2 is 2.45 bits per heavy atom. The number of nitrogens with zero attached hydrogens (tertiary/aromatic N) is 2. The highest BCUT2D eigenvalue weighted by Gasteiger charge is 2.12. The molecule has 0 fully saturated rings. The van der Waals surface area contributed by atoms with E-state index in [1.807, 2.05) is 12.3 Å². The molecule has 2 aromatic rings. The van der Waals surface area contributed by atoms with Crippen LogP contribution in [0.25, 0.3) is 10.2 Å². The highest BCUT2D eigenvalue weighted by atomic mass is 32.2. The zero-order valence-electron chi connectivity index (χ0n) is 11.1. The van der Waals surface area contributed by atoms with E-state index >= 15 is 0 Å². The number of hydrogen-bond acceptors (Lipinski definition) is 5. The summed E-state index contributed by atoms with van der Waals surface area (Å²) in [5, 5.41) is 5.73. The van der Waals surface area contributed by atoms with Gasteiger partial charge in [-0.05, 0) is 18.4 Å². The molecule has 2 aromatic heterocycles. The number of nitrogens with one attached hydrogen (secondary N) is 1. The molecule has 1 amide bonds. The van der Waals surface area contributed by atoms with E-state index in [2.05, 4.69) is 16.9 Å². The molecule has 0 aliphatic heterocycles. The molecule has 5 nitrogen and oxygen atoms in total. The normalized spacial score (nSPS) is 10.7. The Labute approximate surface area is 124 Å². The zero-order valence-corrected chi connectivity index (χ0v) is 12.7. The van der Waals surface area contributed by atoms with E-state index in [9.17, 15) is 9.59 Å². The largest absolute Gasteiger partial charge is 0.356 e. The van der Waals surface area contributed by atoms with Gasteiger partial charge in [-0.3, -0.25) is 14.2 Å². The summed E-state index contributed by atoms with van der Waals surface area (Å²) in [6.45, 7) is 6.50. The Balaban J connectivity index is 2.34. The summed E-state index contributed by atoms with van der Waals surface area (Å²) in [5.41, 5.74) is -0.0884. The standard InChI is InChI=1S/C13H15N3O2S2/c1-3-6-16-12(18)9-5-7-19-11(9)15-13(16)20-8-10(17)14-4-2/h3,5,7H,1,4,6,8H2,2H3,(H,14,17). The van der Waals surface area contributed by atoms with Crippen LogP contribution in [0.3, 0.4) is 0 Å². The van der Waals surface area contributed by atoms with Crippen LogP contribution in [-0.4, -0.2) is 27.8 Å². The van der Waals surface area contributed by atoms with Gasteiger partial charge in [-0.25, -0.2) is 4.98 Å². The molecular formula is C13H15N3O2S2. The molecule has 0 aliphatic carbocycles. The Kier molecular flexibility index (Phi) is 4.97. The van der Waals surface area contributed by atoms with Crippen LogP contribution in [0.2, 0.25) is 0 Å². The molecule has 0 aliphatic rings. The molecule has 20 heavy (non-hydrogen) atoms. The molecule has 0 bridgehead atoms. The summed E-state index contributed by atoms with van der Waals surface area (Å²) in [6.07, 6.45) is 1.65. The first-order valence-corrected chi connectivity index (χ1v) is 8.02. The van der Waals surface area contributed by atoms with Crippen molar-refractivity contribution in [3.63, 3.8) is 0 Å². The number of amides is 1. The fourth-order valence-corrected chi connectivity index (χ4v) is 3.35. The maximum atomic E-state index is 12.3. The second-order valence-electron chi connectivity index (χ2n) is 3.98. The molecule has 0 atom stereocenters. The third-order valence-corrected chi connectivity index (χ3v) is 4.35. The number of carbonyl (C=O) groups is 1. The van der Waals surface area contributed by atoms with Gasteiger partial charge in [-0.2, -0.15) is 0 Å². The molecule has 0 saturated heterocycles. The summed E-state index contributed by atoms with van der Waals surface area (Å²) in [7, 11) is 0. The minimum Gasteiger partial charge on any atom is -0.356 e. The molecule has 2 heterocycles. The van der Waals surface area contributed by atoms with Crippen molar-refractivity contribution in [2.24, 2.45) is 0 Å². The highest BCUT2D eigenvalue weighted by molar-refractivity contribution is 7.99. The average Bonchev–Trinajstić information content (AvgIpc) is 2.89. The van der Waals surface area contributed by atoms with E-state index in [0.717, 1.165) is 0 Å². The molecule has 0 saturated carbocycles. The van der Waals surface area contributed by atoms with Crippen LogP contribution in [0.1, 0.15) is 6.92 Å². The first-order valence-electron chi connectivity index (χ1n) is 6.15. The molecule has 106 valence electrons. The molecule has 0 radical (unpaired) electrons. The van der Waals surface area contributed by atoms with Crippen molar-refractivity contribution in [2.75, 3.05) is 12.3 Å². The van der Waals surface area contributed by atoms with Crippen molar-refractivity contribution in [3.05, 3.63) is 34.5 Å². The number of thiophene rings is 1. The lowest BCUT2D eigenvalue weighted by atomic mass is 10.4. The third-order valence-electron chi connectivity index (χ3n) is 2.57. The summed E-state index contributed by atoms with van der Waals surface area (Å²) < 4.78 is 1.55. The maximum absolute atomic E-state index is 12.3. The number of rotatable bonds is 6. The number of thioether (sulfide) groups is 1. The van der Waals surface area contributed by atoms with Gasteiger partial charge in [0.25, 0.3) is 5.56 Å². The quantitative estimate of drug-likeness (QED) is 0.503. The van der Waals surface area contributed by atoms with Gasteiger partial charge < -0.3 is 5.32 Å². The summed E-state index contributed by atoms with van der Waals surface area (Å²) in [6, 6.07) is 1.77. The van der Waals surface area contributed by atoms with Crippen LogP contribution >= 0.6 is 23.1 Å². The molecular weight excluding hydrogens is 294 g/mol. The second kappa shape index (κ2) is 6.71. The van der Waals surface area contributed by atoms with Crippen molar-refractivity contribution >= 4 is 39.2 Å². The first-order chi connectivity index (χ1) is 9.67. The van der Waals surface area contributed by atoms with Crippen LogP contribution in [-0.2, 0) is 11.3 Å². The number of aromatic nitrogens is 2. The SMILES string of the molecule is C=CCn1c(SCC(=O)NCC)nc2sccc2c1=O. The van der Waals surface area contributed by atoms with Crippen molar-refractivity contribution in [1.29, 1.82) is 0 Å². The van der Waals surface area contributed by atoms with Gasteiger partial charge in [0, 0.05) is 13.1 Å². The van der Waals surface area contributed by atoms with Crippen LogP contribution in [0.4, 0.5) is 0 Å². The van der Waals surface area contributed by atoms with E-state index in [4.69, 9.17) is 0 Å². The van der Waals surface area contributed by atoms with Crippen molar-refractivity contribution < 1.29 is 4.79 Å². The van der Waals surface area contributed by atoms with Gasteiger partial charge in [0.15, 0.2) is 5.16 Å². The fourth-order valence-electron chi connectivity index (χ4n) is 1.71. The number of carbonyl (C=O) groups excluding carboxylic acids is 1. The molecule has 7 heteroatoms. The Morgan fingerprint density at radius 3 is 3.15 bits per heavy atom. The lowest BCUT2D eigenvalue weighted by Gasteiger charge is -2.09. The topological polar surface area (TPSA) is 64.0 Å². The molecule has 0 aromatic carbocycles. The van der Waals surface area contributed by atoms with Crippen molar-refractivity contribution in [1.82, 2.24) is 14.9 Å². The fraction of sp³-hybridized carbons (Fsp3) is 0.308. The monoisotopic (exact) mass is 309 g/mol. The Bertz CT molecular complexity index is 690. The van der Waals surface area contributed by atoms with Gasteiger partial charge in [0.1, 0.15) is 4.83 Å². The van der Waals surface area contributed by atoms with Crippen molar-refractivity contribution in [3.8, 4) is 0 Å². The minimum absolute atomic E-state index is 0.0665. The van der Waals surface area contributed by atoms with Crippen molar-refractivity contribution in [2.45, 2.75) is 18.6 Å². The lowest BCUT2D eigenvalue weighted by Crippen LogP contribution is -2.26. The molecule has 1 N–H and O–H groups in total. The van der Waals surface area contributed by atoms with Crippen LogP contribution < -0.4 is 10.9 Å². The van der Waals surface area contributed by atoms with E-state index in [1.165, 1.54) is 23.1 Å². The Morgan fingerprint density at radius 1 is 1.65 bits per heavy atom. The molecule has 0 unspecified atom stereocenters. The zero-order chi connectivity index (χ0) is 14.5. The predicted octanol–water partition coefficient (Wildman–Crippen LogP) is 1.87. The Hall–Kier alpha value is -1.60. The van der Waals surface area contributed by atoms with E-state index in [0.29, 0.717) is 28.5 Å². The minimum atomic E-state index is -0.0884. The lowest BCUT2D eigenvalue weighted by molar-refractivity contribution is -0.118. The van der Waals surface area contributed by atoms with E-state index in [1.54, 1.807) is 16.7 Å². The molecule has 0 spiro atoms. The predicted molar refractivity (Wildman–Crippen MR) is 83.5 cm³/mol. The van der Waals surface area contributed by atoms with Gasteiger partial charge >= 0.3 is 0 Å². The van der Waals surface area contributed by atoms with Crippen LogP contribution in [0.15, 0.2) is 34.1 Å². The van der Waals surface area contributed by atoms with Gasteiger partial charge in [0.2, 0.25) is 5.91 Å². The maximum Gasteiger partial charge on any atom is 0.263 e. The number of allylic oxidation sites excluding steroid dienone is 1. The number of fused-ring (bicyclic) bond motifs is 1. The van der Waals surface area contributed by atoms with Crippen LogP contribution in [0, 0.1) is 0 Å². The number of hydrogen-bond donors (Lipinski definition) is 1. The molecule has 2 rings (SSSR count). The van der Waals surface area contributed by atoms with E-state index in [-0.39, 0.29) is 17.2 Å². The average molecular weight is 309 g/mol. The van der Waals surface area contributed by atoms with Gasteiger partial charge in [-0.15, -0.1) is 17.9 Å². The summed E-state index contributed by atoms with van der Waals surface area (Å²) in [4.78, 5) is 29.0. The second-order valence-corrected chi connectivity index (χ2v) is 5.82. The summed E-state index contributed by atoms with van der Waals surface area (Å²) >= 11 is 2.69. The highest BCUT2D eigenvalue weighted by Crippen LogP contribution is 2.21. The smallest absolute Gasteiger partial charge is 0.263 e. The van der Waals surface area contributed by atoms with E-state index < -0.39 is 0 Å². The van der Waals surface area contributed by atoms with Gasteiger partial charge in [0.05, 0.1) is 11.1 Å². The van der Waals surface area contributed by atoms with Gasteiger partial charge in [-0.1, -0.05) is 17.8 Å². The van der Waals surface area contributed by atoms with Crippen LogP contribution in [0.5, 0.6) is 0 Å². The summed E-state index contributed by atoms with van der Waals surface area (Å²) in [5.74, 6) is 0.178. The first kappa shape index (κ1) is 14.8. The third kappa shape index (κ3) is 3.10.